The van der Waals surface area contributed by atoms with Crippen LogP contribution in [0.3, 0.4) is 0 Å². The lowest BCUT2D eigenvalue weighted by Crippen LogP contribution is -2.00. The van der Waals surface area contributed by atoms with Gasteiger partial charge >= 0.3 is 0 Å². The third-order valence-electron chi connectivity index (χ3n) is 1.98. The Hall–Kier alpha value is -0.570. The summed E-state index contributed by atoms with van der Waals surface area (Å²) in [6.07, 6.45) is 3.91. The third kappa shape index (κ3) is 2.98. The molecule has 0 fully saturated rings. The van der Waals surface area contributed by atoms with E-state index in [-0.39, 0.29) is 0 Å². The molecule has 14 heavy (non-hydrogen) atoms. The lowest BCUT2D eigenvalue weighted by atomic mass is 10.2. The number of hydrogen-bond donors (Lipinski definition) is 0. The predicted molar refractivity (Wildman–Crippen MR) is 62.0 cm³/mol. The molecule has 1 rings (SSSR count). The Labute approximate surface area is 93.8 Å². The van der Waals surface area contributed by atoms with Crippen molar-refractivity contribution in [3.8, 4) is 5.75 Å². The van der Waals surface area contributed by atoms with Gasteiger partial charge in [-0.3, -0.25) is 4.98 Å². The highest BCUT2D eigenvalue weighted by Gasteiger charge is 2.03. The number of alkyl halides is 1. The Balaban J connectivity index is 2.84. The first-order chi connectivity index (χ1) is 6.81. The second-order valence-corrected chi connectivity index (χ2v) is 3.68. The van der Waals surface area contributed by atoms with Gasteiger partial charge in [0.25, 0.3) is 0 Å². The zero-order chi connectivity index (χ0) is 10.4. The molecule has 0 unspecified atom stereocenters. The van der Waals surface area contributed by atoms with Gasteiger partial charge in [-0.2, -0.15) is 0 Å². The van der Waals surface area contributed by atoms with Crippen LogP contribution in [0.4, 0.5) is 0 Å². The van der Waals surface area contributed by atoms with Crippen molar-refractivity contribution in [2.75, 3.05) is 6.61 Å². The van der Waals surface area contributed by atoms with E-state index >= 15 is 0 Å². The number of nitrogens with zero attached hydrogens (tertiary/aromatic N) is 1. The number of aryl methyl sites for hydroxylation is 1. The maximum absolute atomic E-state index is 5.66. The molecule has 0 bridgehead atoms. The van der Waals surface area contributed by atoms with Crippen molar-refractivity contribution in [3.05, 3.63) is 23.5 Å². The zero-order valence-corrected chi connectivity index (χ0v) is 10.3. The topological polar surface area (TPSA) is 22.1 Å². The number of hydrogen-bond acceptors (Lipinski definition) is 2. The summed E-state index contributed by atoms with van der Waals surface area (Å²) in [6.45, 7) is 5.00. The molecule has 2 nitrogen and oxygen atoms in total. The van der Waals surface area contributed by atoms with Crippen LogP contribution in [-0.4, -0.2) is 11.6 Å². The monoisotopic (exact) mass is 257 g/mol. The van der Waals surface area contributed by atoms with Crippen LogP contribution < -0.4 is 4.74 Å². The molecular formula is C11H16BrNO. The predicted octanol–water partition coefficient (Wildman–Crippen LogP) is 3.33. The number of aromatic nitrogens is 1. The van der Waals surface area contributed by atoms with Gasteiger partial charge in [-0.05, 0) is 12.8 Å². The average Bonchev–Trinajstić information content (AvgIpc) is 2.25. The maximum atomic E-state index is 5.66. The Kier molecular flexibility index (Phi) is 4.94. The van der Waals surface area contributed by atoms with Gasteiger partial charge in [0.15, 0.2) is 0 Å². The van der Waals surface area contributed by atoms with Crippen molar-refractivity contribution in [1.82, 2.24) is 4.98 Å². The van der Waals surface area contributed by atoms with E-state index in [1.807, 2.05) is 12.3 Å². The molecule has 1 aromatic rings. The lowest BCUT2D eigenvalue weighted by molar-refractivity contribution is 0.313. The first-order valence-electron chi connectivity index (χ1n) is 4.98. The van der Waals surface area contributed by atoms with Crippen molar-refractivity contribution < 1.29 is 4.74 Å². The second-order valence-electron chi connectivity index (χ2n) is 3.12. The summed E-state index contributed by atoms with van der Waals surface area (Å²) in [4.78, 5) is 4.31. The van der Waals surface area contributed by atoms with Gasteiger partial charge in [0, 0.05) is 23.2 Å². The van der Waals surface area contributed by atoms with Crippen molar-refractivity contribution in [2.45, 2.75) is 32.0 Å². The molecule has 78 valence electrons. The molecule has 0 saturated heterocycles. The average molecular weight is 258 g/mol. The minimum atomic E-state index is 0.777. The van der Waals surface area contributed by atoms with E-state index in [1.165, 1.54) is 5.56 Å². The number of ether oxygens (including phenoxy) is 1. The normalized spacial score (nSPS) is 10.2. The SMILES string of the molecule is CCCOc1cc(CBr)ncc1CC. The summed E-state index contributed by atoms with van der Waals surface area (Å²) >= 11 is 3.39. The molecular weight excluding hydrogens is 242 g/mol. The van der Waals surface area contributed by atoms with Crippen LogP contribution in [0, 0.1) is 0 Å². The van der Waals surface area contributed by atoms with E-state index in [0.29, 0.717) is 0 Å². The minimum Gasteiger partial charge on any atom is -0.493 e. The summed E-state index contributed by atoms with van der Waals surface area (Å²) in [6, 6.07) is 2.02. The first-order valence-corrected chi connectivity index (χ1v) is 6.10. The summed E-state index contributed by atoms with van der Waals surface area (Å²) in [5, 5.41) is 0.777. The molecule has 0 spiro atoms. The Morgan fingerprint density at radius 1 is 1.43 bits per heavy atom. The van der Waals surface area contributed by atoms with E-state index in [0.717, 1.165) is 36.2 Å². The van der Waals surface area contributed by atoms with Crippen molar-refractivity contribution >= 4 is 15.9 Å². The van der Waals surface area contributed by atoms with Crippen LogP contribution >= 0.6 is 15.9 Å². The van der Waals surface area contributed by atoms with Gasteiger partial charge in [-0.25, -0.2) is 0 Å². The molecule has 1 aromatic heterocycles. The molecule has 0 atom stereocenters. The maximum Gasteiger partial charge on any atom is 0.125 e. The van der Waals surface area contributed by atoms with Crippen molar-refractivity contribution in [3.63, 3.8) is 0 Å². The quantitative estimate of drug-likeness (QED) is 0.756. The smallest absolute Gasteiger partial charge is 0.125 e. The van der Waals surface area contributed by atoms with E-state index in [1.54, 1.807) is 0 Å². The van der Waals surface area contributed by atoms with Crippen LogP contribution in [0.25, 0.3) is 0 Å². The highest BCUT2D eigenvalue weighted by atomic mass is 79.9. The number of pyridine rings is 1. The summed E-state index contributed by atoms with van der Waals surface area (Å²) in [5.41, 5.74) is 2.21. The van der Waals surface area contributed by atoms with Crippen molar-refractivity contribution in [1.29, 1.82) is 0 Å². The van der Waals surface area contributed by atoms with Crippen LogP contribution in [0.2, 0.25) is 0 Å². The number of halogens is 1. The van der Waals surface area contributed by atoms with E-state index in [9.17, 15) is 0 Å². The van der Waals surface area contributed by atoms with E-state index < -0.39 is 0 Å². The highest BCUT2D eigenvalue weighted by molar-refractivity contribution is 9.08. The van der Waals surface area contributed by atoms with Crippen molar-refractivity contribution in [2.24, 2.45) is 0 Å². The molecule has 1 heterocycles. The van der Waals surface area contributed by atoms with Crippen LogP contribution in [0.5, 0.6) is 5.75 Å². The Morgan fingerprint density at radius 2 is 2.21 bits per heavy atom. The van der Waals surface area contributed by atoms with Gasteiger partial charge < -0.3 is 4.74 Å². The molecule has 0 radical (unpaired) electrons. The molecule has 0 aromatic carbocycles. The van der Waals surface area contributed by atoms with Gasteiger partial charge in [0.2, 0.25) is 0 Å². The molecule has 0 N–H and O–H groups in total. The highest BCUT2D eigenvalue weighted by Crippen LogP contribution is 2.20. The standard InChI is InChI=1S/C11H16BrNO/c1-3-5-14-11-6-10(7-12)13-8-9(11)4-2/h6,8H,3-5,7H2,1-2H3. The largest absolute Gasteiger partial charge is 0.493 e. The fourth-order valence-corrected chi connectivity index (χ4v) is 1.50. The van der Waals surface area contributed by atoms with Crippen LogP contribution in [0.15, 0.2) is 12.3 Å². The molecule has 0 aliphatic rings. The summed E-state index contributed by atoms with van der Waals surface area (Å²) in [5.74, 6) is 0.985. The minimum absolute atomic E-state index is 0.777. The van der Waals surface area contributed by atoms with E-state index in [4.69, 9.17) is 4.74 Å². The fourth-order valence-electron chi connectivity index (χ4n) is 1.19. The Bertz CT molecular complexity index is 289. The molecule has 0 saturated carbocycles. The number of rotatable bonds is 5. The van der Waals surface area contributed by atoms with Crippen LogP contribution in [-0.2, 0) is 11.8 Å². The van der Waals surface area contributed by atoms with Gasteiger partial charge in [-0.15, -0.1) is 0 Å². The third-order valence-corrected chi connectivity index (χ3v) is 2.55. The van der Waals surface area contributed by atoms with Gasteiger partial charge in [0.1, 0.15) is 5.75 Å². The fraction of sp³-hybridized carbons (Fsp3) is 0.545. The van der Waals surface area contributed by atoms with Gasteiger partial charge in [-0.1, -0.05) is 29.8 Å². The summed E-state index contributed by atoms with van der Waals surface area (Å²) < 4.78 is 5.66. The van der Waals surface area contributed by atoms with Gasteiger partial charge in [0.05, 0.1) is 12.3 Å². The molecule has 0 aliphatic heterocycles. The second kappa shape index (κ2) is 6.02. The van der Waals surface area contributed by atoms with Crippen LogP contribution in [0.1, 0.15) is 31.5 Å². The zero-order valence-electron chi connectivity index (χ0n) is 8.72. The molecule has 3 heteroatoms. The molecule has 0 aliphatic carbocycles. The van der Waals surface area contributed by atoms with E-state index in [2.05, 4.69) is 34.8 Å². The Morgan fingerprint density at radius 3 is 2.79 bits per heavy atom. The lowest BCUT2D eigenvalue weighted by Gasteiger charge is -2.10. The first kappa shape index (κ1) is 11.5. The summed E-state index contributed by atoms with van der Waals surface area (Å²) in [7, 11) is 0. The molecule has 0 amide bonds.